The van der Waals surface area contributed by atoms with E-state index in [9.17, 15) is 9.90 Å². The Bertz CT molecular complexity index is 1030. The molecule has 1 atom stereocenters. The predicted octanol–water partition coefficient (Wildman–Crippen LogP) is 2.13. The highest BCUT2D eigenvalue weighted by atomic mass is 16.3. The fourth-order valence-electron chi connectivity index (χ4n) is 3.83. The number of fused-ring (bicyclic) bond motifs is 1. The molecule has 1 aliphatic rings. The molecule has 0 radical (unpaired) electrons. The van der Waals surface area contributed by atoms with E-state index >= 15 is 0 Å². The third kappa shape index (κ3) is 2.84. The molecular weight excluding hydrogens is 342 g/mol. The maximum atomic E-state index is 13.1. The molecule has 1 aliphatic heterocycles. The van der Waals surface area contributed by atoms with Crippen LogP contribution >= 0.6 is 0 Å². The van der Waals surface area contributed by atoms with Crippen LogP contribution in [0.4, 0.5) is 0 Å². The maximum Gasteiger partial charge on any atom is 0.272 e. The molecule has 2 aromatic heterocycles. The van der Waals surface area contributed by atoms with Gasteiger partial charge < -0.3 is 10.0 Å². The van der Waals surface area contributed by atoms with Crippen LogP contribution in [0.1, 0.15) is 39.1 Å². The van der Waals surface area contributed by atoms with E-state index < -0.39 is 6.10 Å². The van der Waals surface area contributed by atoms with Crippen molar-refractivity contribution >= 4 is 5.91 Å². The highest BCUT2D eigenvalue weighted by Gasteiger charge is 2.29. The van der Waals surface area contributed by atoms with Crippen molar-refractivity contribution in [2.45, 2.75) is 26.5 Å². The van der Waals surface area contributed by atoms with Gasteiger partial charge in [0.2, 0.25) is 0 Å². The minimum absolute atomic E-state index is 0.135. The van der Waals surface area contributed by atoms with E-state index in [0.717, 1.165) is 33.8 Å². The summed E-state index contributed by atoms with van der Waals surface area (Å²) in [5.74, 6) is -0.135. The van der Waals surface area contributed by atoms with Crippen molar-refractivity contribution in [2.24, 2.45) is 14.1 Å². The van der Waals surface area contributed by atoms with Gasteiger partial charge in [0.25, 0.3) is 5.91 Å². The number of hydrogen-bond donors (Lipinski definition) is 1. The van der Waals surface area contributed by atoms with E-state index in [0.29, 0.717) is 12.2 Å². The summed E-state index contributed by atoms with van der Waals surface area (Å²) in [6.45, 7) is 4.69. The fourth-order valence-corrected chi connectivity index (χ4v) is 3.83. The summed E-state index contributed by atoms with van der Waals surface area (Å²) < 4.78 is 3.43. The Morgan fingerprint density at radius 1 is 1.15 bits per heavy atom. The minimum atomic E-state index is -0.672. The standard InChI is InChI=1S/C20H23N5O2/c1-12-19(13(2)23(3)21-12)16-9-17(24(4)22-16)20(27)25-10-14-7-5-6-8-15(14)18(26)11-25/h5-9,18,26H,10-11H2,1-4H3/t18-/m1/s1. The van der Waals surface area contributed by atoms with Crippen LogP contribution in [0, 0.1) is 13.8 Å². The highest BCUT2D eigenvalue weighted by molar-refractivity contribution is 5.94. The average Bonchev–Trinajstić information content (AvgIpc) is 3.13. The molecule has 1 N–H and O–H groups in total. The number of carbonyl (C=O) groups is 1. The first-order valence-electron chi connectivity index (χ1n) is 8.96. The summed E-state index contributed by atoms with van der Waals surface area (Å²) in [6.07, 6.45) is -0.672. The summed E-state index contributed by atoms with van der Waals surface area (Å²) >= 11 is 0. The topological polar surface area (TPSA) is 76.2 Å². The molecule has 3 aromatic rings. The van der Waals surface area contributed by atoms with Crippen molar-refractivity contribution in [1.29, 1.82) is 0 Å². The number of β-amino-alcohol motifs (C(OH)–C–C–N with tert-alkyl or cyclic N) is 1. The Kier molecular flexibility index (Phi) is 4.11. The van der Waals surface area contributed by atoms with E-state index in [-0.39, 0.29) is 12.5 Å². The van der Waals surface area contributed by atoms with Crippen molar-refractivity contribution < 1.29 is 9.90 Å². The zero-order chi connectivity index (χ0) is 19.3. The molecule has 1 amide bonds. The first-order chi connectivity index (χ1) is 12.9. The van der Waals surface area contributed by atoms with Crippen LogP contribution in [0.3, 0.4) is 0 Å². The molecule has 7 heteroatoms. The second kappa shape index (κ2) is 6.35. The molecule has 0 saturated carbocycles. The quantitative estimate of drug-likeness (QED) is 0.755. The lowest BCUT2D eigenvalue weighted by atomic mass is 9.97. The van der Waals surface area contributed by atoms with E-state index in [4.69, 9.17) is 0 Å². The Hall–Kier alpha value is -2.93. The predicted molar refractivity (Wildman–Crippen MR) is 101 cm³/mol. The normalized spacial score (nSPS) is 16.5. The monoisotopic (exact) mass is 365 g/mol. The number of amides is 1. The molecule has 3 heterocycles. The lowest BCUT2D eigenvalue weighted by Gasteiger charge is -2.32. The van der Waals surface area contributed by atoms with Crippen molar-refractivity contribution in [3.05, 3.63) is 58.5 Å². The molecular formula is C20H23N5O2. The number of nitrogens with zero attached hydrogens (tertiary/aromatic N) is 5. The summed E-state index contributed by atoms with van der Waals surface area (Å²) in [7, 11) is 3.67. The molecule has 0 spiro atoms. The first-order valence-corrected chi connectivity index (χ1v) is 8.96. The van der Waals surface area contributed by atoms with Crippen molar-refractivity contribution in [2.75, 3.05) is 6.54 Å². The average molecular weight is 365 g/mol. The van der Waals surface area contributed by atoms with E-state index in [2.05, 4.69) is 10.2 Å². The summed E-state index contributed by atoms with van der Waals surface area (Å²) in [5.41, 5.74) is 5.96. The van der Waals surface area contributed by atoms with E-state index in [1.54, 1.807) is 16.6 Å². The number of aliphatic hydroxyl groups is 1. The number of benzene rings is 1. The van der Waals surface area contributed by atoms with Gasteiger partial charge in [0, 0.05) is 31.9 Å². The van der Waals surface area contributed by atoms with Gasteiger partial charge in [-0.2, -0.15) is 10.2 Å². The van der Waals surface area contributed by atoms with Crippen LogP contribution in [-0.4, -0.2) is 42.0 Å². The summed E-state index contributed by atoms with van der Waals surface area (Å²) in [5, 5.41) is 19.4. The zero-order valence-electron chi connectivity index (χ0n) is 16.0. The highest BCUT2D eigenvalue weighted by Crippen LogP contribution is 2.29. The Morgan fingerprint density at radius 3 is 2.59 bits per heavy atom. The Morgan fingerprint density at radius 2 is 1.89 bits per heavy atom. The molecule has 0 fully saturated rings. The van der Waals surface area contributed by atoms with Crippen LogP contribution in [0.2, 0.25) is 0 Å². The van der Waals surface area contributed by atoms with Crippen LogP contribution in [0.15, 0.2) is 30.3 Å². The number of hydrogen-bond acceptors (Lipinski definition) is 4. The molecule has 0 aliphatic carbocycles. The lowest BCUT2D eigenvalue weighted by molar-refractivity contribution is 0.0540. The zero-order valence-corrected chi connectivity index (χ0v) is 16.0. The number of aliphatic hydroxyl groups excluding tert-OH is 1. The van der Waals surface area contributed by atoms with Crippen LogP contribution in [-0.2, 0) is 20.6 Å². The molecule has 140 valence electrons. The molecule has 7 nitrogen and oxygen atoms in total. The lowest BCUT2D eigenvalue weighted by Crippen LogP contribution is -2.39. The number of aromatic nitrogens is 4. The minimum Gasteiger partial charge on any atom is -0.387 e. The van der Waals surface area contributed by atoms with Gasteiger partial charge in [0.05, 0.1) is 24.0 Å². The Labute approximate surface area is 157 Å². The smallest absolute Gasteiger partial charge is 0.272 e. The molecule has 1 aromatic carbocycles. The number of carbonyl (C=O) groups excluding carboxylic acids is 1. The SMILES string of the molecule is Cc1nn(C)c(C)c1-c1cc(C(=O)N2Cc3ccccc3[C@H](O)C2)n(C)n1. The maximum absolute atomic E-state index is 13.1. The van der Waals surface area contributed by atoms with E-state index in [1.165, 1.54) is 0 Å². The van der Waals surface area contributed by atoms with Crippen molar-refractivity contribution in [3.8, 4) is 11.3 Å². The van der Waals surface area contributed by atoms with Gasteiger partial charge in [0.15, 0.2) is 0 Å². The molecule has 0 saturated heterocycles. The first kappa shape index (κ1) is 17.5. The van der Waals surface area contributed by atoms with Crippen LogP contribution in [0.5, 0.6) is 0 Å². The van der Waals surface area contributed by atoms with Gasteiger partial charge in [0.1, 0.15) is 5.69 Å². The molecule has 0 bridgehead atoms. The van der Waals surface area contributed by atoms with Crippen LogP contribution in [0.25, 0.3) is 11.3 Å². The largest absolute Gasteiger partial charge is 0.387 e. The van der Waals surface area contributed by atoms with Gasteiger partial charge >= 0.3 is 0 Å². The van der Waals surface area contributed by atoms with Gasteiger partial charge in [-0.05, 0) is 31.0 Å². The van der Waals surface area contributed by atoms with Gasteiger partial charge in [-0.3, -0.25) is 14.2 Å². The van der Waals surface area contributed by atoms with Crippen molar-refractivity contribution in [3.63, 3.8) is 0 Å². The third-order valence-electron chi connectivity index (χ3n) is 5.32. The van der Waals surface area contributed by atoms with Gasteiger partial charge in [-0.1, -0.05) is 24.3 Å². The molecule has 27 heavy (non-hydrogen) atoms. The van der Waals surface area contributed by atoms with Crippen LogP contribution < -0.4 is 0 Å². The fraction of sp³-hybridized carbons (Fsp3) is 0.350. The second-order valence-corrected chi connectivity index (χ2v) is 7.11. The molecule has 4 rings (SSSR count). The summed E-state index contributed by atoms with van der Waals surface area (Å²) in [6, 6.07) is 9.51. The van der Waals surface area contributed by atoms with Crippen molar-refractivity contribution in [1.82, 2.24) is 24.5 Å². The summed E-state index contributed by atoms with van der Waals surface area (Å²) in [4.78, 5) is 14.8. The number of aryl methyl sites for hydroxylation is 3. The third-order valence-corrected chi connectivity index (χ3v) is 5.32. The van der Waals surface area contributed by atoms with E-state index in [1.807, 2.05) is 55.9 Å². The number of rotatable bonds is 2. The molecule has 0 unspecified atom stereocenters. The van der Waals surface area contributed by atoms with Gasteiger partial charge in [-0.15, -0.1) is 0 Å². The second-order valence-electron chi connectivity index (χ2n) is 7.11. The van der Waals surface area contributed by atoms with Gasteiger partial charge in [-0.25, -0.2) is 0 Å². The Balaban J connectivity index is 1.67.